The highest BCUT2D eigenvalue weighted by Gasteiger charge is 2.56. The first kappa shape index (κ1) is 41.4. The summed E-state index contributed by atoms with van der Waals surface area (Å²) in [5.41, 5.74) is 3.43. The minimum absolute atomic E-state index is 0.00426. The summed E-state index contributed by atoms with van der Waals surface area (Å²) in [6.07, 6.45) is 7.11. The van der Waals surface area contributed by atoms with Gasteiger partial charge in [-0.3, -0.25) is 9.59 Å². The van der Waals surface area contributed by atoms with Crippen LogP contribution in [0.3, 0.4) is 0 Å². The second-order valence-electron chi connectivity index (χ2n) is 18.4. The first-order valence-corrected chi connectivity index (χ1v) is 21.9. The van der Waals surface area contributed by atoms with Crippen LogP contribution in [-0.2, 0) is 25.0 Å². The summed E-state index contributed by atoms with van der Waals surface area (Å²) in [6.45, 7) is 4.29. The zero-order valence-corrected chi connectivity index (χ0v) is 36.0. The number of likely N-dealkylation sites (tertiary alicyclic amines) is 2. The summed E-state index contributed by atoms with van der Waals surface area (Å²) >= 11 is 0. The zero-order chi connectivity index (χ0) is 44.7. The van der Waals surface area contributed by atoms with Crippen molar-refractivity contribution in [2.24, 2.45) is 17.3 Å². The van der Waals surface area contributed by atoms with Gasteiger partial charge in [0.1, 0.15) is 23.7 Å². The minimum Gasteiger partial charge on any atom is -0.453 e. The number of ether oxygens (including phenoxy) is 2. The predicted octanol–water partition coefficient (Wildman–Crippen LogP) is 8.17. The highest BCUT2D eigenvalue weighted by atomic mass is 19.3. The molecule has 332 valence electrons. The van der Waals surface area contributed by atoms with Crippen LogP contribution in [0.5, 0.6) is 0 Å². The number of halogens is 2. The topological polar surface area (TPSA) is 175 Å². The number of fused-ring (bicyclic) bond motifs is 5. The first-order valence-electron chi connectivity index (χ1n) is 21.9. The Bertz CT molecular complexity index is 2660. The number of aromatic amines is 2. The van der Waals surface area contributed by atoms with Crippen LogP contribution in [0.15, 0.2) is 79.1 Å². The standard InChI is InChI=1S/C48H50F2N8O6/c1-25(2)38(55-45(61)63-3)43(59)57-24-47(16-17-47)21-37(57)41-51-22-35(53-41)27-11-14-31-32-15-12-28(20-34(32)48(49,50)33(31)19-27)36-23-52-42(54-36)40-29-10-13-30(18-29)58(40)44(60)39(56-46(62)64-4)26-8-6-5-7-9-26/h5-9,11-12,14-15,19-20,22-23,25,29-30,37-40H,10,13,16-18,21,24H2,1-4H3,(H,51,53)(H,52,54)(H,55,61)(H,56,62)/t29?,30-,37+,38?,39-,40?/m1/s1. The molecule has 3 aromatic carbocycles. The lowest BCUT2D eigenvalue weighted by Crippen LogP contribution is -2.51. The van der Waals surface area contributed by atoms with Gasteiger partial charge in [-0.15, -0.1) is 0 Å². The summed E-state index contributed by atoms with van der Waals surface area (Å²) in [6, 6.07) is 16.6. The van der Waals surface area contributed by atoms with E-state index in [9.17, 15) is 19.2 Å². The van der Waals surface area contributed by atoms with Crippen LogP contribution in [-0.4, -0.2) is 86.6 Å². The fraction of sp³-hybridized carbons (Fsp3) is 0.417. The molecule has 4 amide bonds. The molecule has 4 heterocycles. The zero-order valence-electron chi connectivity index (χ0n) is 36.0. The van der Waals surface area contributed by atoms with Crippen LogP contribution in [0.2, 0.25) is 0 Å². The maximum absolute atomic E-state index is 16.7. The van der Waals surface area contributed by atoms with Crippen molar-refractivity contribution in [1.29, 1.82) is 0 Å². The molecule has 16 heteroatoms. The largest absolute Gasteiger partial charge is 0.453 e. The predicted molar refractivity (Wildman–Crippen MR) is 230 cm³/mol. The number of hydrogen-bond acceptors (Lipinski definition) is 8. The summed E-state index contributed by atoms with van der Waals surface area (Å²) < 4.78 is 43.0. The number of methoxy groups -OCH3 is 2. The summed E-state index contributed by atoms with van der Waals surface area (Å²) in [7, 11) is 2.52. The molecular weight excluding hydrogens is 823 g/mol. The highest BCUT2D eigenvalue weighted by Crippen LogP contribution is 2.59. The van der Waals surface area contributed by atoms with Gasteiger partial charge >= 0.3 is 12.2 Å². The average molecular weight is 873 g/mol. The Morgan fingerprint density at radius 3 is 2.02 bits per heavy atom. The number of nitrogens with zero attached hydrogens (tertiary/aromatic N) is 4. The van der Waals surface area contributed by atoms with Crippen molar-refractivity contribution < 1.29 is 37.4 Å². The van der Waals surface area contributed by atoms with E-state index in [0.29, 0.717) is 63.8 Å². The lowest BCUT2D eigenvalue weighted by Gasteiger charge is -2.36. The Kier molecular flexibility index (Phi) is 10.1. The Morgan fingerprint density at radius 1 is 0.797 bits per heavy atom. The van der Waals surface area contributed by atoms with E-state index < -0.39 is 30.2 Å². The van der Waals surface area contributed by atoms with Gasteiger partial charge in [0.15, 0.2) is 0 Å². The van der Waals surface area contributed by atoms with Crippen LogP contribution in [0.1, 0.15) is 98.8 Å². The number of rotatable bonds is 10. The number of piperidine rings is 1. The first-order chi connectivity index (χ1) is 30.8. The number of carbonyl (C=O) groups is 4. The third-order valence-electron chi connectivity index (χ3n) is 14.2. The molecule has 3 aliphatic carbocycles. The second-order valence-corrected chi connectivity index (χ2v) is 18.4. The Hall–Kier alpha value is -6.58. The molecule has 2 saturated heterocycles. The molecule has 64 heavy (non-hydrogen) atoms. The second kappa shape index (κ2) is 15.6. The van der Waals surface area contributed by atoms with Gasteiger partial charge in [-0.25, -0.2) is 19.6 Å². The average Bonchev–Trinajstić information content (AvgIpc) is 3.99. The summed E-state index contributed by atoms with van der Waals surface area (Å²) in [5.74, 6) is -2.71. The molecule has 4 N–H and O–H groups in total. The molecule has 5 aromatic rings. The molecule has 1 spiro atoms. The van der Waals surface area contributed by atoms with Gasteiger partial charge in [0.05, 0.1) is 50.1 Å². The molecule has 6 atom stereocenters. The third-order valence-corrected chi connectivity index (χ3v) is 14.2. The van der Waals surface area contributed by atoms with E-state index in [-0.39, 0.29) is 58.3 Å². The van der Waals surface area contributed by atoms with Crippen LogP contribution >= 0.6 is 0 Å². The lowest BCUT2D eigenvalue weighted by atomic mass is 9.96. The molecule has 2 bridgehead atoms. The van der Waals surface area contributed by atoms with Crippen LogP contribution in [0.25, 0.3) is 33.6 Å². The van der Waals surface area contributed by atoms with Crippen molar-refractivity contribution in [3.05, 3.63) is 107 Å². The van der Waals surface area contributed by atoms with E-state index in [2.05, 4.69) is 25.6 Å². The van der Waals surface area contributed by atoms with E-state index in [1.807, 2.05) is 36.9 Å². The maximum Gasteiger partial charge on any atom is 0.407 e. The van der Waals surface area contributed by atoms with Crippen LogP contribution in [0.4, 0.5) is 18.4 Å². The van der Waals surface area contributed by atoms with Gasteiger partial charge in [-0.05, 0) is 84.6 Å². The van der Waals surface area contributed by atoms with Crippen molar-refractivity contribution >= 4 is 24.0 Å². The smallest absolute Gasteiger partial charge is 0.407 e. The quantitative estimate of drug-likeness (QED) is 0.109. The Labute approximate surface area is 368 Å². The molecular formula is C48H50F2N8O6. The van der Waals surface area contributed by atoms with Crippen molar-refractivity contribution in [3.8, 4) is 33.6 Å². The maximum atomic E-state index is 16.7. The Morgan fingerprint density at radius 2 is 1.41 bits per heavy atom. The number of H-pyrrole nitrogens is 2. The minimum atomic E-state index is -3.32. The monoisotopic (exact) mass is 872 g/mol. The molecule has 0 radical (unpaired) electrons. The van der Waals surface area contributed by atoms with E-state index in [1.54, 1.807) is 53.7 Å². The number of benzene rings is 3. The number of amides is 4. The molecule has 14 nitrogen and oxygen atoms in total. The summed E-state index contributed by atoms with van der Waals surface area (Å²) in [4.78, 5) is 72.7. The number of alkyl halides is 2. The van der Waals surface area contributed by atoms with Crippen molar-refractivity contribution in [3.63, 3.8) is 0 Å². The molecule has 2 saturated carbocycles. The number of aromatic nitrogens is 4. The number of nitrogens with one attached hydrogen (secondary N) is 4. The molecule has 10 rings (SSSR count). The summed E-state index contributed by atoms with van der Waals surface area (Å²) in [5, 5.41) is 5.42. The Balaban J connectivity index is 0.895. The van der Waals surface area contributed by atoms with Gasteiger partial charge < -0.3 is 39.9 Å². The number of alkyl carbamates (subject to hydrolysis) is 2. The van der Waals surface area contributed by atoms with E-state index in [0.717, 1.165) is 32.1 Å². The van der Waals surface area contributed by atoms with E-state index in [1.165, 1.54) is 26.4 Å². The van der Waals surface area contributed by atoms with Gasteiger partial charge in [-0.1, -0.05) is 68.4 Å². The molecule has 4 fully saturated rings. The van der Waals surface area contributed by atoms with Gasteiger partial charge in [-0.2, -0.15) is 8.78 Å². The molecule has 2 aromatic heterocycles. The van der Waals surface area contributed by atoms with Gasteiger partial charge in [0.2, 0.25) is 5.91 Å². The molecule has 3 unspecified atom stereocenters. The SMILES string of the molecule is COC(=O)NC(C(=O)N1CC2(CC2)C[C@H]1c1ncc(-c2ccc3c(c2)C(F)(F)c2cc(-c4cnc(C5C6CC[C@H](C6)N5C(=O)[C@H](NC(=O)OC)c5ccccc5)[nH]4)ccc2-3)[nH]1)C(C)C. The third kappa shape index (κ3) is 6.97. The van der Waals surface area contributed by atoms with Crippen molar-refractivity contribution in [1.82, 2.24) is 40.4 Å². The van der Waals surface area contributed by atoms with Crippen LogP contribution < -0.4 is 10.6 Å². The van der Waals surface area contributed by atoms with Crippen LogP contribution in [0, 0.1) is 17.3 Å². The number of imidazole rings is 2. The van der Waals surface area contributed by atoms with Gasteiger partial charge in [0, 0.05) is 34.8 Å². The van der Waals surface area contributed by atoms with Crippen molar-refractivity contribution in [2.45, 2.75) is 88.5 Å². The fourth-order valence-corrected chi connectivity index (χ4v) is 10.7. The van der Waals surface area contributed by atoms with Crippen molar-refractivity contribution in [2.75, 3.05) is 20.8 Å². The number of carbonyl (C=O) groups excluding carboxylic acids is 4. The van der Waals surface area contributed by atoms with Gasteiger partial charge in [0.25, 0.3) is 11.8 Å². The van der Waals surface area contributed by atoms with E-state index >= 15 is 8.78 Å². The molecule has 2 aliphatic heterocycles. The highest BCUT2D eigenvalue weighted by molar-refractivity contribution is 5.89. The lowest BCUT2D eigenvalue weighted by molar-refractivity contribution is -0.138. The fourth-order valence-electron chi connectivity index (χ4n) is 10.7. The normalized spacial score (nSPS) is 22.9. The number of hydrogen-bond donors (Lipinski definition) is 4. The molecule has 5 aliphatic rings. The van der Waals surface area contributed by atoms with E-state index in [4.69, 9.17) is 14.5 Å².